The van der Waals surface area contributed by atoms with Crippen LogP contribution in [0.5, 0.6) is 0 Å². The highest BCUT2D eigenvalue weighted by molar-refractivity contribution is 5.89. The molecule has 156 valence electrons. The summed E-state index contributed by atoms with van der Waals surface area (Å²) in [6.07, 6.45) is 5.37. The van der Waals surface area contributed by atoms with Gasteiger partial charge in [-0.25, -0.2) is 9.97 Å². The van der Waals surface area contributed by atoms with E-state index in [2.05, 4.69) is 54.8 Å². The summed E-state index contributed by atoms with van der Waals surface area (Å²) in [4.78, 5) is 17.8. The van der Waals surface area contributed by atoms with Crippen LogP contribution < -0.4 is 10.6 Å². The largest absolute Gasteiger partial charge is 0.371 e. The molecule has 1 atom stereocenters. The fraction of sp³-hybridized carbons (Fsp3) is 0.250. The van der Waals surface area contributed by atoms with E-state index < -0.39 is 0 Å². The lowest BCUT2D eigenvalue weighted by Gasteiger charge is -2.24. The molecule has 3 aromatic heterocycles. The van der Waals surface area contributed by atoms with Crippen LogP contribution in [0.1, 0.15) is 22.9 Å². The number of benzene rings is 1. The van der Waals surface area contributed by atoms with Crippen molar-refractivity contribution in [3.8, 4) is 11.3 Å². The molecular weight excluding hydrogens is 388 g/mol. The third kappa shape index (κ3) is 4.38. The molecule has 4 heterocycles. The summed E-state index contributed by atoms with van der Waals surface area (Å²) in [5, 5.41) is 7.79. The molecule has 0 spiro atoms. The molecule has 0 amide bonds. The molecule has 7 nitrogen and oxygen atoms in total. The van der Waals surface area contributed by atoms with E-state index in [9.17, 15) is 0 Å². The van der Waals surface area contributed by atoms with Gasteiger partial charge in [-0.2, -0.15) is 0 Å². The molecule has 2 N–H and O–H groups in total. The molecule has 1 saturated heterocycles. The third-order valence-corrected chi connectivity index (χ3v) is 5.44. The zero-order valence-electron chi connectivity index (χ0n) is 17.4. The van der Waals surface area contributed by atoms with Gasteiger partial charge in [-0.05, 0) is 48.4 Å². The second kappa shape index (κ2) is 8.75. The van der Waals surface area contributed by atoms with Crippen molar-refractivity contribution in [1.29, 1.82) is 0 Å². The van der Waals surface area contributed by atoms with Gasteiger partial charge in [0.25, 0.3) is 0 Å². The van der Waals surface area contributed by atoms with E-state index in [-0.39, 0.29) is 6.10 Å². The van der Waals surface area contributed by atoms with E-state index in [4.69, 9.17) is 4.74 Å². The third-order valence-electron chi connectivity index (χ3n) is 5.44. The van der Waals surface area contributed by atoms with Gasteiger partial charge in [-0.15, -0.1) is 0 Å². The van der Waals surface area contributed by atoms with E-state index in [1.54, 1.807) is 6.33 Å². The van der Waals surface area contributed by atoms with Crippen LogP contribution >= 0.6 is 0 Å². The van der Waals surface area contributed by atoms with Crippen molar-refractivity contribution in [2.75, 3.05) is 25.0 Å². The fourth-order valence-electron chi connectivity index (χ4n) is 3.79. The number of rotatable bonds is 5. The molecule has 1 fully saturated rings. The Morgan fingerprint density at radius 2 is 2.03 bits per heavy atom. The summed E-state index contributed by atoms with van der Waals surface area (Å²) in [7, 11) is 0. The fourth-order valence-corrected chi connectivity index (χ4v) is 3.79. The summed E-state index contributed by atoms with van der Waals surface area (Å²) in [5.41, 5.74) is 6.12. The lowest BCUT2D eigenvalue weighted by molar-refractivity contribution is 0.0278. The first-order valence-electron chi connectivity index (χ1n) is 10.4. The predicted molar refractivity (Wildman–Crippen MR) is 121 cm³/mol. The van der Waals surface area contributed by atoms with Crippen molar-refractivity contribution in [3.05, 3.63) is 78.0 Å². The Hall–Kier alpha value is -3.42. The molecule has 0 saturated carbocycles. The minimum atomic E-state index is 0.0679. The molecule has 0 radical (unpaired) electrons. The number of pyridine rings is 2. The number of nitrogens with one attached hydrogen (secondary N) is 2. The Morgan fingerprint density at radius 1 is 1.06 bits per heavy atom. The van der Waals surface area contributed by atoms with Gasteiger partial charge in [0, 0.05) is 48.7 Å². The van der Waals surface area contributed by atoms with Gasteiger partial charge in [-0.1, -0.05) is 12.1 Å². The van der Waals surface area contributed by atoms with Crippen LogP contribution in [-0.4, -0.2) is 39.6 Å². The van der Waals surface area contributed by atoms with Gasteiger partial charge in [0.1, 0.15) is 12.1 Å². The molecule has 7 heteroatoms. The molecule has 5 rings (SSSR count). The predicted octanol–water partition coefficient (Wildman–Crippen LogP) is 3.67. The first-order chi connectivity index (χ1) is 15.3. The normalized spacial score (nSPS) is 16.4. The van der Waals surface area contributed by atoms with Gasteiger partial charge < -0.3 is 15.4 Å². The van der Waals surface area contributed by atoms with Crippen molar-refractivity contribution in [2.24, 2.45) is 0 Å². The minimum absolute atomic E-state index is 0.0679. The molecule has 1 aliphatic rings. The van der Waals surface area contributed by atoms with Gasteiger partial charge in [-0.3, -0.25) is 9.97 Å². The van der Waals surface area contributed by atoms with E-state index in [0.29, 0.717) is 6.54 Å². The zero-order valence-corrected chi connectivity index (χ0v) is 17.4. The second-order valence-electron chi connectivity index (χ2n) is 7.65. The number of fused-ring (bicyclic) bond motifs is 1. The SMILES string of the molecule is Cc1cc(-c2ccc(CNc3ncnc4cc(C5CNCCO5)ccc34)cn2)ccn1. The topological polar surface area (TPSA) is 84.9 Å². The average Bonchev–Trinajstić information content (AvgIpc) is 2.83. The maximum Gasteiger partial charge on any atom is 0.137 e. The molecule has 31 heavy (non-hydrogen) atoms. The molecule has 1 aliphatic heterocycles. The number of ether oxygens (including phenoxy) is 1. The van der Waals surface area contributed by atoms with Crippen LogP contribution in [0.2, 0.25) is 0 Å². The monoisotopic (exact) mass is 412 g/mol. The first kappa shape index (κ1) is 19.5. The summed E-state index contributed by atoms with van der Waals surface area (Å²) < 4.78 is 5.86. The van der Waals surface area contributed by atoms with Crippen molar-refractivity contribution in [1.82, 2.24) is 25.3 Å². The Labute approximate surface area is 181 Å². The van der Waals surface area contributed by atoms with Gasteiger partial charge in [0.15, 0.2) is 0 Å². The minimum Gasteiger partial charge on any atom is -0.371 e. The van der Waals surface area contributed by atoms with E-state index >= 15 is 0 Å². The maximum atomic E-state index is 5.86. The highest BCUT2D eigenvalue weighted by atomic mass is 16.5. The van der Waals surface area contributed by atoms with E-state index in [1.807, 2.05) is 37.5 Å². The van der Waals surface area contributed by atoms with Crippen LogP contribution in [0, 0.1) is 6.92 Å². The summed E-state index contributed by atoms with van der Waals surface area (Å²) in [6, 6.07) is 14.4. The number of morpholine rings is 1. The van der Waals surface area contributed by atoms with Crippen LogP contribution in [0.4, 0.5) is 5.82 Å². The van der Waals surface area contributed by atoms with E-state index in [1.165, 1.54) is 0 Å². The smallest absolute Gasteiger partial charge is 0.137 e. The molecular formula is C24H24N6O. The van der Waals surface area contributed by atoms with Gasteiger partial charge >= 0.3 is 0 Å². The Kier molecular flexibility index (Phi) is 5.52. The highest BCUT2D eigenvalue weighted by Crippen LogP contribution is 2.26. The van der Waals surface area contributed by atoms with Crippen LogP contribution in [0.25, 0.3) is 22.2 Å². The van der Waals surface area contributed by atoms with Crippen LogP contribution in [0.3, 0.4) is 0 Å². The maximum absolute atomic E-state index is 5.86. The van der Waals surface area contributed by atoms with Crippen LogP contribution in [-0.2, 0) is 11.3 Å². The molecule has 0 bridgehead atoms. The first-order valence-corrected chi connectivity index (χ1v) is 10.4. The van der Waals surface area contributed by atoms with E-state index in [0.717, 1.165) is 64.5 Å². The Bertz CT molecular complexity index is 1190. The molecule has 1 aromatic carbocycles. The highest BCUT2D eigenvalue weighted by Gasteiger charge is 2.16. The van der Waals surface area contributed by atoms with Crippen molar-refractivity contribution < 1.29 is 4.74 Å². The lowest BCUT2D eigenvalue weighted by atomic mass is 10.1. The number of nitrogens with zero attached hydrogens (tertiary/aromatic N) is 4. The molecule has 1 unspecified atom stereocenters. The van der Waals surface area contributed by atoms with Crippen molar-refractivity contribution in [3.63, 3.8) is 0 Å². The number of anilines is 1. The van der Waals surface area contributed by atoms with Crippen LogP contribution in [0.15, 0.2) is 61.2 Å². The summed E-state index contributed by atoms with van der Waals surface area (Å²) in [6.45, 7) is 5.07. The number of aromatic nitrogens is 4. The van der Waals surface area contributed by atoms with Gasteiger partial charge in [0.05, 0.1) is 23.9 Å². The van der Waals surface area contributed by atoms with Crippen molar-refractivity contribution in [2.45, 2.75) is 19.6 Å². The molecule has 0 aliphatic carbocycles. The standard InChI is InChI=1S/C24H24N6O/c1-16-10-18(6-7-26-16)21-5-2-17(12-27-21)13-28-24-20-4-3-19(11-22(20)29-15-30-24)23-14-25-8-9-31-23/h2-7,10-12,15,23,25H,8-9,13-14H2,1H3,(H,28,29,30). The number of hydrogen-bond donors (Lipinski definition) is 2. The zero-order chi connectivity index (χ0) is 21.0. The van der Waals surface area contributed by atoms with Crippen molar-refractivity contribution >= 4 is 16.7 Å². The number of hydrogen-bond acceptors (Lipinski definition) is 7. The average molecular weight is 412 g/mol. The Balaban J connectivity index is 1.31. The second-order valence-corrected chi connectivity index (χ2v) is 7.65. The molecule has 4 aromatic rings. The quantitative estimate of drug-likeness (QED) is 0.517. The Morgan fingerprint density at radius 3 is 2.84 bits per heavy atom. The summed E-state index contributed by atoms with van der Waals surface area (Å²) in [5.74, 6) is 0.813. The lowest BCUT2D eigenvalue weighted by Crippen LogP contribution is -2.33. The number of aryl methyl sites for hydroxylation is 1. The van der Waals surface area contributed by atoms with Gasteiger partial charge in [0.2, 0.25) is 0 Å². The summed E-state index contributed by atoms with van der Waals surface area (Å²) >= 11 is 0.